The first-order valence-corrected chi connectivity index (χ1v) is 12.8. The van der Waals surface area contributed by atoms with Gasteiger partial charge in [-0.2, -0.15) is 0 Å². The number of carboxylic acid groups (broad SMARTS) is 1. The fourth-order valence-electron chi connectivity index (χ4n) is 3.15. The van der Waals surface area contributed by atoms with E-state index in [1.54, 1.807) is 6.92 Å². The number of nitrogens with one attached hydrogen (secondary N) is 1. The minimum Gasteiger partial charge on any atom is -0.477 e. The molecule has 0 heterocycles. The highest BCUT2D eigenvalue weighted by atomic mass is 16.7. The molecule has 38 heavy (non-hydrogen) atoms. The van der Waals surface area contributed by atoms with Gasteiger partial charge in [0.15, 0.2) is 11.5 Å². The van der Waals surface area contributed by atoms with Gasteiger partial charge in [-0.15, -0.1) is 0 Å². The van der Waals surface area contributed by atoms with Gasteiger partial charge >= 0.3 is 24.2 Å². The van der Waals surface area contributed by atoms with Gasteiger partial charge in [0.25, 0.3) is 5.72 Å². The molecule has 11 nitrogen and oxygen atoms in total. The second-order valence-electron chi connectivity index (χ2n) is 9.90. The van der Waals surface area contributed by atoms with Gasteiger partial charge in [-0.1, -0.05) is 40.7 Å². The van der Waals surface area contributed by atoms with E-state index in [9.17, 15) is 24.3 Å². The van der Waals surface area contributed by atoms with Crippen molar-refractivity contribution in [3.05, 3.63) is 23.8 Å². The molecule has 214 valence electrons. The highest BCUT2D eigenvalue weighted by Gasteiger charge is 2.43. The topological polar surface area (TPSA) is 147 Å². The number of benzene rings is 1. The number of esters is 1. The molecule has 0 bridgehead atoms. The van der Waals surface area contributed by atoms with Crippen LogP contribution in [0.3, 0.4) is 0 Å². The summed E-state index contributed by atoms with van der Waals surface area (Å²) in [5, 5.41) is 12.9. The summed E-state index contributed by atoms with van der Waals surface area (Å²) >= 11 is 0. The summed E-state index contributed by atoms with van der Waals surface area (Å²) in [5.74, 6) is -1.91. The molecule has 0 aliphatic heterocycles. The van der Waals surface area contributed by atoms with Gasteiger partial charge in [-0.05, 0) is 55.7 Å². The Kier molecular flexibility index (Phi) is 13.6. The molecule has 0 aliphatic rings. The van der Waals surface area contributed by atoms with Crippen molar-refractivity contribution in [2.24, 2.45) is 11.8 Å². The second kappa shape index (κ2) is 15.8. The molecule has 1 aromatic rings. The van der Waals surface area contributed by atoms with Crippen molar-refractivity contribution >= 4 is 24.2 Å². The maximum Gasteiger partial charge on any atom is 0.513 e. The van der Waals surface area contributed by atoms with Gasteiger partial charge in [0.2, 0.25) is 0 Å². The lowest BCUT2D eigenvalue weighted by atomic mass is 10.00. The maximum absolute atomic E-state index is 12.3. The highest BCUT2D eigenvalue weighted by Crippen LogP contribution is 2.31. The van der Waals surface area contributed by atoms with Crippen LogP contribution in [0.5, 0.6) is 11.5 Å². The molecule has 2 atom stereocenters. The van der Waals surface area contributed by atoms with E-state index in [1.807, 2.05) is 34.6 Å². The predicted octanol–water partition coefficient (Wildman–Crippen LogP) is 5.08. The summed E-state index contributed by atoms with van der Waals surface area (Å²) in [4.78, 5) is 48.6. The minimum atomic E-state index is -2.09. The Bertz CT molecular complexity index is 946. The fourth-order valence-corrected chi connectivity index (χ4v) is 3.15. The molecule has 1 rings (SSSR count). The van der Waals surface area contributed by atoms with Crippen molar-refractivity contribution in [1.29, 1.82) is 0 Å². The van der Waals surface area contributed by atoms with Crippen molar-refractivity contribution < 1.29 is 48.0 Å². The van der Waals surface area contributed by atoms with Crippen molar-refractivity contribution in [2.75, 3.05) is 13.2 Å². The van der Waals surface area contributed by atoms with Crippen molar-refractivity contribution in [3.63, 3.8) is 0 Å². The number of aliphatic carboxylic acids is 1. The molecule has 0 amide bonds. The number of carbonyl (C=O) groups excluding carboxylic acids is 3. The standard InChI is InChI=1S/C27H41NO10/c1-8-19(6)28-27(24(30)31,38-20(7)29)16-21-9-10-22(36-25(32)34-13-11-17(2)3)23(15-21)37-26(33)35-14-12-18(4)5/h9-10,15,17-19,28H,8,11-14,16H2,1-7H3,(H,30,31)/t19?,27-/m0/s1. The normalized spacial score (nSPS) is 13.4. The zero-order valence-corrected chi connectivity index (χ0v) is 23.3. The number of carbonyl (C=O) groups is 4. The molecule has 0 fully saturated rings. The van der Waals surface area contributed by atoms with Crippen LogP contribution in [0.2, 0.25) is 0 Å². The minimum absolute atomic E-state index is 0.122. The monoisotopic (exact) mass is 539 g/mol. The lowest BCUT2D eigenvalue weighted by Crippen LogP contribution is -2.59. The van der Waals surface area contributed by atoms with E-state index in [1.165, 1.54) is 18.2 Å². The van der Waals surface area contributed by atoms with E-state index < -0.39 is 30.0 Å². The first-order valence-electron chi connectivity index (χ1n) is 12.8. The smallest absolute Gasteiger partial charge is 0.477 e. The van der Waals surface area contributed by atoms with Crippen molar-refractivity contribution in [3.8, 4) is 11.5 Å². The van der Waals surface area contributed by atoms with E-state index in [0.29, 0.717) is 36.7 Å². The Morgan fingerprint density at radius 1 is 0.895 bits per heavy atom. The quantitative estimate of drug-likeness (QED) is 0.133. The molecule has 0 saturated carbocycles. The third-order valence-corrected chi connectivity index (χ3v) is 5.43. The first kappa shape index (κ1) is 32.7. The van der Waals surface area contributed by atoms with Crippen LogP contribution in [0.4, 0.5) is 9.59 Å². The molecular weight excluding hydrogens is 498 g/mol. The molecule has 0 radical (unpaired) electrons. The Morgan fingerprint density at radius 2 is 1.42 bits per heavy atom. The summed E-state index contributed by atoms with van der Waals surface area (Å²) in [6, 6.07) is 3.81. The summed E-state index contributed by atoms with van der Waals surface area (Å²) in [6.07, 6.45) is -0.512. The number of carboxylic acids is 1. The average molecular weight is 540 g/mol. The fraction of sp³-hybridized carbons (Fsp3) is 0.630. The zero-order valence-electron chi connectivity index (χ0n) is 23.3. The van der Waals surface area contributed by atoms with Gasteiger partial charge < -0.3 is 28.8 Å². The van der Waals surface area contributed by atoms with Crippen molar-refractivity contribution in [2.45, 2.75) is 85.9 Å². The molecule has 0 saturated heterocycles. The van der Waals surface area contributed by atoms with Gasteiger partial charge in [0.1, 0.15) is 0 Å². The van der Waals surface area contributed by atoms with Crippen LogP contribution >= 0.6 is 0 Å². The third-order valence-electron chi connectivity index (χ3n) is 5.43. The van der Waals surface area contributed by atoms with Crippen LogP contribution in [-0.2, 0) is 30.2 Å². The molecule has 1 aromatic carbocycles. The SMILES string of the molecule is CCC(C)N[C@@](Cc1ccc(OC(=O)OCCC(C)C)c(OC(=O)OCCC(C)C)c1)(OC(C)=O)C(=O)O. The van der Waals surface area contributed by atoms with E-state index in [2.05, 4.69) is 5.32 Å². The predicted molar refractivity (Wildman–Crippen MR) is 138 cm³/mol. The van der Waals surface area contributed by atoms with E-state index in [4.69, 9.17) is 23.7 Å². The highest BCUT2D eigenvalue weighted by molar-refractivity contribution is 5.81. The maximum atomic E-state index is 12.3. The van der Waals surface area contributed by atoms with E-state index in [0.717, 1.165) is 6.92 Å². The Labute approximate surface area is 224 Å². The van der Waals surface area contributed by atoms with E-state index in [-0.39, 0.29) is 37.2 Å². The lowest BCUT2D eigenvalue weighted by molar-refractivity contribution is -0.183. The first-order chi connectivity index (χ1) is 17.8. The summed E-state index contributed by atoms with van der Waals surface area (Å²) in [7, 11) is 0. The molecule has 2 N–H and O–H groups in total. The Morgan fingerprint density at radius 3 is 1.87 bits per heavy atom. The molecule has 0 aromatic heterocycles. The third kappa shape index (κ3) is 11.8. The second-order valence-corrected chi connectivity index (χ2v) is 9.90. The Hall–Kier alpha value is -3.34. The van der Waals surface area contributed by atoms with Gasteiger partial charge in [0.05, 0.1) is 13.2 Å². The Balaban J connectivity index is 3.29. The molecule has 0 aliphatic carbocycles. The largest absolute Gasteiger partial charge is 0.513 e. The average Bonchev–Trinajstić information content (AvgIpc) is 2.79. The molecule has 1 unspecified atom stereocenters. The van der Waals surface area contributed by atoms with Crippen LogP contribution in [0.15, 0.2) is 18.2 Å². The van der Waals surface area contributed by atoms with Gasteiger partial charge in [-0.25, -0.2) is 14.4 Å². The van der Waals surface area contributed by atoms with Crippen LogP contribution in [0.25, 0.3) is 0 Å². The van der Waals surface area contributed by atoms with Crippen LogP contribution in [0, 0.1) is 11.8 Å². The van der Waals surface area contributed by atoms with Crippen LogP contribution < -0.4 is 14.8 Å². The molecular formula is C27H41NO10. The zero-order chi connectivity index (χ0) is 28.9. The summed E-state index contributed by atoms with van der Waals surface area (Å²) in [6.45, 7) is 12.9. The van der Waals surface area contributed by atoms with Crippen LogP contribution in [-0.4, -0.2) is 54.3 Å². The van der Waals surface area contributed by atoms with Gasteiger partial charge in [-0.3, -0.25) is 10.1 Å². The number of ether oxygens (including phenoxy) is 5. The summed E-state index contributed by atoms with van der Waals surface area (Å²) < 4.78 is 26.0. The van der Waals surface area contributed by atoms with Crippen LogP contribution in [0.1, 0.15) is 73.3 Å². The van der Waals surface area contributed by atoms with Gasteiger partial charge in [0, 0.05) is 19.4 Å². The summed E-state index contributed by atoms with van der Waals surface area (Å²) in [5.41, 5.74) is -1.77. The van der Waals surface area contributed by atoms with Crippen molar-refractivity contribution in [1.82, 2.24) is 5.32 Å². The number of rotatable bonds is 15. The number of hydrogen-bond donors (Lipinski definition) is 2. The number of hydrogen-bond acceptors (Lipinski definition) is 10. The molecule has 0 spiro atoms. The van der Waals surface area contributed by atoms with E-state index >= 15 is 0 Å². The molecule has 11 heteroatoms. The lowest BCUT2D eigenvalue weighted by Gasteiger charge is -2.32.